The zero-order valence-electron chi connectivity index (χ0n) is 13.7. The second kappa shape index (κ2) is 8.74. The topological polar surface area (TPSA) is 64.4 Å². The van der Waals surface area contributed by atoms with Crippen molar-refractivity contribution in [2.75, 3.05) is 26.0 Å². The van der Waals surface area contributed by atoms with Gasteiger partial charge >= 0.3 is 0 Å². The molecule has 0 fully saturated rings. The molecule has 0 atom stereocenters. The number of nitrogens with one attached hydrogen (secondary N) is 1. The molecule has 0 saturated heterocycles. The van der Waals surface area contributed by atoms with Gasteiger partial charge in [0.2, 0.25) is 11.8 Å². The van der Waals surface area contributed by atoms with Crippen LogP contribution in [0.2, 0.25) is 0 Å². The smallest absolute Gasteiger partial charge is 0.230 e. The Morgan fingerprint density at radius 1 is 1.39 bits per heavy atom. The van der Waals surface area contributed by atoms with Crippen LogP contribution in [0.1, 0.15) is 17.0 Å². The molecule has 2 aromatic rings. The maximum Gasteiger partial charge on any atom is 0.230 e. The maximum atomic E-state index is 11.6. The highest BCUT2D eigenvalue weighted by Crippen LogP contribution is 2.24. The first kappa shape index (κ1) is 17.6. The first-order valence-corrected chi connectivity index (χ1v) is 8.62. The lowest BCUT2D eigenvalue weighted by Crippen LogP contribution is -2.28. The van der Waals surface area contributed by atoms with E-state index in [1.165, 1.54) is 17.3 Å². The van der Waals surface area contributed by atoms with Crippen LogP contribution in [-0.2, 0) is 15.3 Å². The molecule has 5 nitrogen and oxygen atoms in total. The van der Waals surface area contributed by atoms with E-state index in [2.05, 4.69) is 10.3 Å². The van der Waals surface area contributed by atoms with Crippen molar-refractivity contribution in [2.24, 2.45) is 0 Å². The van der Waals surface area contributed by atoms with Crippen molar-refractivity contribution in [3.05, 3.63) is 41.3 Å². The summed E-state index contributed by atoms with van der Waals surface area (Å²) < 4.78 is 10.6. The van der Waals surface area contributed by atoms with Crippen LogP contribution in [0.4, 0.5) is 0 Å². The number of methoxy groups -OCH3 is 1. The van der Waals surface area contributed by atoms with Crippen molar-refractivity contribution in [3.8, 4) is 11.5 Å². The van der Waals surface area contributed by atoms with Gasteiger partial charge < -0.3 is 14.5 Å². The molecule has 1 N–H and O–H groups in total. The number of ether oxygens (including phenoxy) is 1. The van der Waals surface area contributed by atoms with E-state index in [0.717, 1.165) is 17.0 Å². The van der Waals surface area contributed by atoms with Gasteiger partial charge in [0.1, 0.15) is 5.76 Å². The summed E-state index contributed by atoms with van der Waals surface area (Å²) in [5.74, 6) is 2.49. The molecular formula is C17H22N2O3S. The standard InChI is InChI=1S/C17H22N2O3S/c1-12-5-4-6-14(9-12)17-19-15(13(2)22-17)10-23-11-16(20)18-7-8-21-3/h4-6,9H,7-8,10-11H2,1-3H3,(H,18,20). The van der Waals surface area contributed by atoms with Crippen molar-refractivity contribution in [3.63, 3.8) is 0 Å². The minimum Gasteiger partial charge on any atom is -0.441 e. The van der Waals surface area contributed by atoms with Gasteiger partial charge in [0, 0.05) is 25.0 Å². The van der Waals surface area contributed by atoms with Crippen LogP contribution in [-0.4, -0.2) is 36.9 Å². The number of hydrogen-bond donors (Lipinski definition) is 1. The number of aryl methyl sites for hydroxylation is 2. The number of oxazole rings is 1. The molecule has 124 valence electrons. The summed E-state index contributed by atoms with van der Waals surface area (Å²) in [7, 11) is 1.61. The van der Waals surface area contributed by atoms with E-state index >= 15 is 0 Å². The Morgan fingerprint density at radius 3 is 2.96 bits per heavy atom. The molecule has 1 heterocycles. The Bertz CT molecular complexity index is 655. The Kier molecular flexibility index (Phi) is 6.67. The second-order valence-corrected chi connectivity index (χ2v) is 6.21. The van der Waals surface area contributed by atoms with Gasteiger partial charge in [0.15, 0.2) is 0 Å². The minimum absolute atomic E-state index is 0.00658. The number of thioether (sulfide) groups is 1. The van der Waals surface area contributed by atoms with Crippen molar-refractivity contribution in [1.82, 2.24) is 10.3 Å². The quantitative estimate of drug-likeness (QED) is 0.752. The minimum atomic E-state index is 0.00658. The van der Waals surface area contributed by atoms with Crippen molar-refractivity contribution in [2.45, 2.75) is 19.6 Å². The first-order valence-electron chi connectivity index (χ1n) is 7.47. The number of hydrogen-bond acceptors (Lipinski definition) is 5. The van der Waals surface area contributed by atoms with Gasteiger partial charge in [-0.1, -0.05) is 17.7 Å². The number of rotatable bonds is 8. The molecule has 6 heteroatoms. The van der Waals surface area contributed by atoms with Crippen molar-refractivity contribution in [1.29, 1.82) is 0 Å². The molecular weight excluding hydrogens is 312 g/mol. The molecule has 0 saturated carbocycles. The third-order valence-corrected chi connectivity index (χ3v) is 4.20. The van der Waals surface area contributed by atoms with Crippen LogP contribution in [0, 0.1) is 13.8 Å². The molecule has 0 aliphatic rings. The zero-order chi connectivity index (χ0) is 16.7. The fourth-order valence-electron chi connectivity index (χ4n) is 2.05. The summed E-state index contributed by atoms with van der Waals surface area (Å²) in [5.41, 5.74) is 3.03. The Morgan fingerprint density at radius 2 is 2.22 bits per heavy atom. The predicted octanol–water partition coefficient (Wildman–Crippen LogP) is 2.95. The van der Waals surface area contributed by atoms with Crippen LogP contribution < -0.4 is 5.32 Å². The molecule has 0 aliphatic carbocycles. The van der Waals surface area contributed by atoms with Crippen molar-refractivity contribution < 1.29 is 13.9 Å². The lowest BCUT2D eigenvalue weighted by Gasteiger charge is -2.03. The molecule has 2 rings (SSSR count). The molecule has 0 bridgehead atoms. The van der Waals surface area contributed by atoms with Crippen LogP contribution in [0.15, 0.2) is 28.7 Å². The molecule has 1 amide bonds. The molecule has 0 aliphatic heterocycles. The van der Waals surface area contributed by atoms with Crippen LogP contribution >= 0.6 is 11.8 Å². The van der Waals surface area contributed by atoms with E-state index in [9.17, 15) is 4.79 Å². The fraction of sp³-hybridized carbons (Fsp3) is 0.412. The van der Waals surface area contributed by atoms with E-state index in [1.807, 2.05) is 38.1 Å². The average molecular weight is 334 g/mol. The summed E-state index contributed by atoms with van der Waals surface area (Å²) in [6.45, 7) is 5.01. The summed E-state index contributed by atoms with van der Waals surface area (Å²) in [5, 5.41) is 2.79. The zero-order valence-corrected chi connectivity index (χ0v) is 14.5. The van der Waals surface area contributed by atoms with Crippen LogP contribution in [0.5, 0.6) is 0 Å². The Hall–Kier alpha value is -1.79. The number of nitrogens with zero attached hydrogens (tertiary/aromatic N) is 1. The number of carbonyl (C=O) groups excluding carboxylic acids is 1. The van der Waals surface area contributed by atoms with Gasteiger partial charge in [0.05, 0.1) is 18.1 Å². The summed E-state index contributed by atoms with van der Waals surface area (Å²) in [6.07, 6.45) is 0. The van der Waals surface area contributed by atoms with E-state index in [4.69, 9.17) is 9.15 Å². The predicted molar refractivity (Wildman–Crippen MR) is 92.5 cm³/mol. The third-order valence-electron chi connectivity index (χ3n) is 3.26. The number of amides is 1. The van der Waals surface area contributed by atoms with E-state index in [1.54, 1.807) is 7.11 Å². The van der Waals surface area contributed by atoms with Gasteiger partial charge in [-0.2, -0.15) is 0 Å². The van der Waals surface area contributed by atoms with E-state index < -0.39 is 0 Å². The van der Waals surface area contributed by atoms with Gasteiger partial charge in [-0.15, -0.1) is 11.8 Å². The lowest BCUT2D eigenvalue weighted by atomic mass is 10.1. The summed E-state index contributed by atoms with van der Waals surface area (Å²) >= 11 is 1.52. The highest BCUT2D eigenvalue weighted by molar-refractivity contribution is 7.99. The fourth-order valence-corrected chi connectivity index (χ4v) is 2.90. The maximum absolute atomic E-state index is 11.6. The van der Waals surface area contributed by atoms with Crippen molar-refractivity contribution >= 4 is 17.7 Å². The normalized spacial score (nSPS) is 10.7. The Balaban J connectivity index is 1.88. The van der Waals surface area contributed by atoms with Crippen LogP contribution in [0.25, 0.3) is 11.5 Å². The van der Waals surface area contributed by atoms with E-state index in [0.29, 0.717) is 30.5 Å². The van der Waals surface area contributed by atoms with E-state index in [-0.39, 0.29) is 5.91 Å². The first-order chi connectivity index (χ1) is 11.1. The Labute approximate surface area is 140 Å². The van der Waals surface area contributed by atoms with Gasteiger partial charge in [-0.3, -0.25) is 4.79 Å². The lowest BCUT2D eigenvalue weighted by molar-refractivity contribution is -0.118. The summed E-state index contributed by atoms with van der Waals surface area (Å²) in [6, 6.07) is 8.06. The van der Waals surface area contributed by atoms with Gasteiger partial charge in [-0.25, -0.2) is 4.98 Å². The highest BCUT2D eigenvalue weighted by atomic mass is 32.2. The number of carbonyl (C=O) groups is 1. The summed E-state index contributed by atoms with van der Waals surface area (Å²) in [4.78, 5) is 16.2. The van der Waals surface area contributed by atoms with Gasteiger partial charge in [0.25, 0.3) is 0 Å². The van der Waals surface area contributed by atoms with Gasteiger partial charge in [-0.05, 0) is 26.0 Å². The number of benzene rings is 1. The monoisotopic (exact) mass is 334 g/mol. The average Bonchev–Trinajstić information content (AvgIpc) is 2.89. The third kappa shape index (κ3) is 5.41. The second-order valence-electron chi connectivity index (χ2n) is 5.23. The molecule has 0 unspecified atom stereocenters. The highest BCUT2D eigenvalue weighted by Gasteiger charge is 2.12. The largest absolute Gasteiger partial charge is 0.441 e. The molecule has 0 radical (unpaired) electrons. The number of aromatic nitrogens is 1. The molecule has 0 spiro atoms. The SMILES string of the molecule is COCCNC(=O)CSCc1nc(-c2cccc(C)c2)oc1C. The van der Waals surface area contributed by atoms with Crippen LogP contribution in [0.3, 0.4) is 0 Å². The molecule has 23 heavy (non-hydrogen) atoms. The molecule has 1 aromatic heterocycles. The molecule has 1 aromatic carbocycles.